The number of benzene rings is 2. The summed E-state index contributed by atoms with van der Waals surface area (Å²) in [5, 5.41) is 5.86. The number of hydrogen-bond acceptors (Lipinski definition) is 9. The van der Waals surface area contributed by atoms with E-state index in [1.807, 2.05) is 6.92 Å². The van der Waals surface area contributed by atoms with Crippen molar-refractivity contribution < 1.29 is 27.4 Å². The van der Waals surface area contributed by atoms with Gasteiger partial charge in [0.25, 0.3) is 5.91 Å². The van der Waals surface area contributed by atoms with Gasteiger partial charge in [0, 0.05) is 34.4 Å². The molecule has 0 radical (unpaired) electrons. The minimum absolute atomic E-state index is 0.0599. The normalized spacial score (nSPS) is 11.2. The maximum Gasteiger partial charge on any atom is 0.419 e. The molecule has 4 aromatic rings. The number of alkyl halides is 3. The highest BCUT2D eigenvalue weighted by molar-refractivity contribution is 7.10. The Bertz CT molecular complexity index is 1380. The molecule has 0 bridgehead atoms. The lowest BCUT2D eigenvalue weighted by Crippen LogP contribution is -2.11. The van der Waals surface area contributed by atoms with Gasteiger partial charge in [0.15, 0.2) is 5.82 Å². The van der Waals surface area contributed by atoms with Gasteiger partial charge in [-0.15, -0.1) is 0 Å². The first kappa shape index (κ1) is 25.8. The summed E-state index contributed by atoms with van der Waals surface area (Å²) in [5.41, 5.74) is 0.268. The van der Waals surface area contributed by atoms with Crippen LogP contribution in [0.4, 0.5) is 29.8 Å². The van der Waals surface area contributed by atoms with E-state index in [4.69, 9.17) is 9.47 Å². The van der Waals surface area contributed by atoms with Gasteiger partial charge in [-0.3, -0.25) is 10.1 Å². The average molecular weight is 531 g/mol. The molecular weight excluding hydrogens is 509 g/mol. The van der Waals surface area contributed by atoms with Crippen LogP contribution in [0.15, 0.2) is 54.9 Å². The van der Waals surface area contributed by atoms with Crippen LogP contribution in [0.1, 0.15) is 29.8 Å². The Morgan fingerprint density at radius 1 is 1.00 bits per heavy atom. The predicted molar refractivity (Wildman–Crippen MR) is 132 cm³/mol. The lowest BCUT2D eigenvalue weighted by Gasteiger charge is -2.13. The number of ether oxygens (including phenoxy) is 2. The third-order valence-electron chi connectivity index (χ3n) is 4.84. The van der Waals surface area contributed by atoms with Crippen LogP contribution < -0.4 is 20.1 Å². The molecule has 0 saturated heterocycles. The summed E-state index contributed by atoms with van der Waals surface area (Å²) >= 11 is 0.861. The Balaban J connectivity index is 1.43. The maximum atomic E-state index is 13.4. The van der Waals surface area contributed by atoms with Gasteiger partial charge < -0.3 is 14.8 Å². The van der Waals surface area contributed by atoms with Crippen molar-refractivity contribution in [2.75, 3.05) is 23.8 Å². The second-order valence-corrected chi connectivity index (χ2v) is 8.15. The Morgan fingerprint density at radius 2 is 1.76 bits per heavy atom. The number of nitrogens with one attached hydrogen (secondary N) is 2. The molecule has 37 heavy (non-hydrogen) atoms. The zero-order chi connectivity index (χ0) is 26.4. The van der Waals surface area contributed by atoms with E-state index in [-0.39, 0.29) is 28.9 Å². The monoisotopic (exact) mass is 530 g/mol. The van der Waals surface area contributed by atoms with Crippen LogP contribution in [0.3, 0.4) is 0 Å². The van der Waals surface area contributed by atoms with Crippen LogP contribution in [0, 0.1) is 0 Å². The Labute approximate surface area is 213 Å². The van der Waals surface area contributed by atoms with E-state index in [0.717, 1.165) is 17.6 Å². The number of carbonyl (C=O) groups is 1. The van der Waals surface area contributed by atoms with Gasteiger partial charge in [-0.2, -0.15) is 22.5 Å². The van der Waals surface area contributed by atoms with E-state index in [1.54, 1.807) is 37.3 Å². The maximum absolute atomic E-state index is 13.4. The molecule has 0 aliphatic carbocycles. The third kappa shape index (κ3) is 6.50. The standard InChI is InChI=1S/C24H21F3N6O3S/c1-3-35-18-10-7-15(11-17(18)24(25,26)27)21-31-23(37-33-21)32-22(34)14-5-8-16(9-6-14)30-19-12-20(36-4-2)29-13-28-19/h5-13H,3-4H2,1-2H3,(H,28,29,30)(H,31,32,33,34). The molecule has 0 aliphatic heterocycles. The van der Waals surface area contributed by atoms with Crippen LogP contribution in [0.5, 0.6) is 11.6 Å². The van der Waals surface area contributed by atoms with Crippen molar-refractivity contribution in [2.45, 2.75) is 20.0 Å². The van der Waals surface area contributed by atoms with Crippen molar-refractivity contribution in [1.29, 1.82) is 0 Å². The molecule has 0 spiro atoms. The summed E-state index contributed by atoms with van der Waals surface area (Å²) < 4.78 is 54.8. The quantitative estimate of drug-likeness (QED) is 0.279. The summed E-state index contributed by atoms with van der Waals surface area (Å²) in [6, 6.07) is 11.9. The fraction of sp³-hybridized carbons (Fsp3) is 0.208. The molecule has 1 amide bonds. The molecule has 2 N–H and O–H groups in total. The first-order valence-electron chi connectivity index (χ1n) is 11.1. The molecule has 0 unspecified atom stereocenters. The summed E-state index contributed by atoms with van der Waals surface area (Å²) in [5.74, 6) is 0.310. The van der Waals surface area contributed by atoms with Crippen molar-refractivity contribution in [3.8, 4) is 23.0 Å². The average Bonchev–Trinajstić information content (AvgIpc) is 3.33. The highest BCUT2D eigenvalue weighted by Gasteiger charge is 2.35. The van der Waals surface area contributed by atoms with Gasteiger partial charge in [0.1, 0.15) is 17.9 Å². The molecule has 9 nitrogen and oxygen atoms in total. The van der Waals surface area contributed by atoms with Crippen LogP contribution in [0.2, 0.25) is 0 Å². The van der Waals surface area contributed by atoms with Crippen molar-refractivity contribution >= 4 is 34.1 Å². The SMILES string of the molecule is CCOc1cc(Nc2ccc(C(=O)Nc3nc(-c4ccc(OCC)c(C(F)(F)F)c4)ns3)cc2)ncn1. The van der Waals surface area contributed by atoms with E-state index >= 15 is 0 Å². The number of halogens is 3. The Hall–Kier alpha value is -4.26. The zero-order valence-electron chi connectivity index (χ0n) is 19.7. The van der Waals surface area contributed by atoms with Gasteiger partial charge in [0.2, 0.25) is 11.0 Å². The topological polar surface area (TPSA) is 111 Å². The molecule has 4 rings (SSSR count). The van der Waals surface area contributed by atoms with Crippen molar-refractivity contribution in [3.63, 3.8) is 0 Å². The van der Waals surface area contributed by atoms with Crippen LogP contribution >= 0.6 is 11.5 Å². The Kier molecular flexibility index (Phi) is 7.82. The minimum Gasteiger partial charge on any atom is -0.493 e. The van der Waals surface area contributed by atoms with E-state index in [9.17, 15) is 18.0 Å². The number of rotatable bonds is 9. The lowest BCUT2D eigenvalue weighted by molar-refractivity contribution is -0.138. The van der Waals surface area contributed by atoms with Crippen LogP contribution in [-0.2, 0) is 6.18 Å². The second-order valence-electron chi connectivity index (χ2n) is 7.40. The summed E-state index contributed by atoms with van der Waals surface area (Å²) in [4.78, 5) is 25.0. The van der Waals surface area contributed by atoms with Gasteiger partial charge in [-0.25, -0.2) is 9.97 Å². The van der Waals surface area contributed by atoms with E-state index in [1.165, 1.54) is 18.5 Å². The fourth-order valence-corrected chi connectivity index (χ4v) is 3.81. The smallest absolute Gasteiger partial charge is 0.419 e. The molecule has 192 valence electrons. The summed E-state index contributed by atoms with van der Waals surface area (Å²) in [6.07, 6.45) is -3.23. The molecule has 13 heteroatoms. The fourth-order valence-electron chi connectivity index (χ4n) is 3.22. The molecule has 2 aromatic carbocycles. The highest BCUT2D eigenvalue weighted by Crippen LogP contribution is 2.38. The number of carbonyl (C=O) groups excluding carboxylic acids is 1. The lowest BCUT2D eigenvalue weighted by atomic mass is 10.1. The number of anilines is 3. The molecular formula is C24H21F3N6O3S. The molecule has 0 fully saturated rings. The first-order valence-corrected chi connectivity index (χ1v) is 11.9. The largest absolute Gasteiger partial charge is 0.493 e. The first-order chi connectivity index (χ1) is 17.8. The van der Waals surface area contributed by atoms with Crippen molar-refractivity contribution in [1.82, 2.24) is 19.3 Å². The number of nitrogens with zero attached hydrogens (tertiary/aromatic N) is 4. The van der Waals surface area contributed by atoms with Gasteiger partial charge in [-0.1, -0.05) is 0 Å². The highest BCUT2D eigenvalue weighted by atomic mass is 32.1. The predicted octanol–water partition coefficient (Wildman–Crippen LogP) is 5.81. The number of aromatic nitrogens is 4. The zero-order valence-corrected chi connectivity index (χ0v) is 20.5. The van der Waals surface area contributed by atoms with Crippen LogP contribution in [0.25, 0.3) is 11.4 Å². The summed E-state index contributed by atoms with van der Waals surface area (Å²) in [6.45, 7) is 4.03. The number of hydrogen-bond donors (Lipinski definition) is 2. The minimum atomic E-state index is -4.60. The van der Waals surface area contributed by atoms with Crippen molar-refractivity contribution in [3.05, 3.63) is 66.0 Å². The van der Waals surface area contributed by atoms with Gasteiger partial charge in [0.05, 0.1) is 18.8 Å². The molecule has 2 heterocycles. The van der Waals surface area contributed by atoms with Crippen LogP contribution in [-0.4, -0.2) is 38.4 Å². The van der Waals surface area contributed by atoms with Crippen molar-refractivity contribution in [2.24, 2.45) is 0 Å². The molecule has 0 saturated carbocycles. The Morgan fingerprint density at radius 3 is 2.46 bits per heavy atom. The van der Waals surface area contributed by atoms with E-state index < -0.39 is 17.6 Å². The van der Waals surface area contributed by atoms with E-state index in [2.05, 4.69) is 30.0 Å². The van der Waals surface area contributed by atoms with Gasteiger partial charge in [-0.05, 0) is 56.3 Å². The van der Waals surface area contributed by atoms with E-state index in [0.29, 0.717) is 29.6 Å². The molecule has 0 aliphatic rings. The number of amides is 1. The van der Waals surface area contributed by atoms with Gasteiger partial charge >= 0.3 is 6.18 Å². The summed E-state index contributed by atoms with van der Waals surface area (Å²) in [7, 11) is 0. The third-order valence-corrected chi connectivity index (χ3v) is 5.47. The molecule has 2 aromatic heterocycles. The second kappa shape index (κ2) is 11.2. The molecule has 0 atom stereocenters.